The number of rotatable bonds is 2. The number of nitrogens with zero attached hydrogens (tertiary/aromatic N) is 2. The van der Waals surface area contributed by atoms with Crippen LogP contribution in [0, 0.1) is 0 Å². The minimum absolute atomic E-state index is 0.346. The zero-order valence-electron chi connectivity index (χ0n) is 10.8. The van der Waals surface area contributed by atoms with E-state index in [2.05, 4.69) is 15.3 Å². The molecule has 0 atom stereocenters. The van der Waals surface area contributed by atoms with Crippen LogP contribution in [-0.2, 0) is 0 Å². The molecule has 0 aliphatic heterocycles. The van der Waals surface area contributed by atoms with Crippen LogP contribution in [0.15, 0.2) is 54.6 Å². The van der Waals surface area contributed by atoms with E-state index in [4.69, 9.17) is 16.3 Å². The lowest BCUT2D eigenvalue weighted by Gasteiger charge is -2.06. The van der Waals surface area contributed by atoms with Gasteiger partial charge in [-0.25, -0.2) is 14.8 Å². The summed E-state index contributed by atoms with van der Waals surface area (Å²) >= 11 is 5.82. The topological polar surface area (TPSA) is 64.1 Å². The summed E-state index contributed by atoms with van der Waals surface area (Å²) in [7, 11) is 0. The van der Waals surface area contributed by atoms with Gasteiger partial charge < -0.3 is 4.74 Å². The number of nitrogens with one attached hydrogen (secondary N) is 1. The summed E-state index contributed by atoms with van der Waals surface area (Å²) in [6.07, 6.45) is -0.616. The maximum Gasteiger partial charge on any atom is 0.418 e. The summed E-state index contributed by atoms with van der Waals surface area (Å²) in [6.45, 7) is 0. The van der Waals surface area contributed by atoms with Crippen LogP contribution < -0.4 is 10.1 Å². The first-order chi connectivity index (χ1) is 10.2. The first kappa shape index (κ1) is 13.3. The number of fused-ring (bicyclic) bond motifs is 1. The SMILES string of the molecule is O=C(Nc1ccc2ccc(Cl)nc2n1)Oc1ccccc1. The molecule has 104 valence electrons. The number of amides is 1. The maximum absolute atomic E-state index is 11.8. The summed E-state index contributed by atoms with van der Waals surface area (Å²) in [5.41, 5.74) is 0.458. The number of hydrogen-bond donors (Lipinski definition) is 1. The van der Waals surface area contributed by atoms with Gasteiger partial charge in [0.1, 0.15) is 16.7 Å². The largest absolute Gasteiger partial charge is 0.418 e. The summed E-state index contributed by atoms with van der Waals surface area (Å²) in [5.74, 6) is 0.801. The highest BCUT2D eigenvalue weighted by molar-refractivity contribution is 6.29. The third-order valence-corrected chi connectivity index (χ3v) is 2.91. The Bertz CT molecular complexity index is 793. The van der Waals surface area contributed by atoms with Crippen molar-refractivity contribution in [1.82, 2.24) is 9.97 Å². The van der Waals surface area contributed by atoms with E-state index in [1.54, 1.807) is 42.5 Å². The van der Waals surface area contributed by atoms with Gasteiger partial charge in [0, 0.05) is 5.39 Å². The van der Waals surface area contributed by atoms with E-state index in [-0.39, 0.29) is 0 Å². The number of carbonyl (C=O) groups excluding carboxylic acids is 1. The number of ether oxygens (including phenoxy) is 1. The molecule has 0 radical (unpaired) electrons. The molecule has 1 N–H and O–H groups in total. The van der Waals surface area contributed by atoms with Crippen molar-refractivity contribution in [2.24, 2.45) is 0 Å². The third-order valence-electron chi connectivity index (χ3n) is 2.70. The quantitative estimate of drug-likeness (QED) is 0.729. The molecular weight excluding hydrogens is 290 g/mol. The number of para-hydroxylation sites is 1. The van der Waals surface area contributed by atoms with E-state index >= 15 is 0 Å². The van der Waals surface area contributed by atoms with Gasteiger partial charge in [0.25, 0.3) is 0 Å². The smallest absolute Gasteiger partial charge is 0.410 e. The molecule has 0 spiro atoms. The Kier molecular flexibility index (Phi) is 3.66. The Morgan fingerprint density at radius 1 is 1.00 bits per heavy atom. The van der Waals surface area contributed by atoms with Gasteiger partial charge in [0.05, 0.1) is 0 Å². The van der Waals surface area contributed by atoms with Gasteiger partial charge >= 0.3 is 6.09 Å². The van der Waals surface area contributed by atoms with E-state index in [9.17, 15) is 4.79 Å². The number of benzene rings is 1. The van der Waals surface area contributed by atoms with Crippen LogP contribution in [-0.4, -0.2) is 16.1 Å². The zero-order chi connectivity index (χ0) is 14.7. The summed E-state index contributed by atoms with van der Waals surface area (Å²) < 4.78 is 5.12. The lowest BCUT2D eigenvalue weighted by Crippen LogP contribution is -2.17. The average Bonchev–Trinajstić information content (AvgIpc) is 2.47. The highest BCUT2D eigenvalue weighted by Crippen LogP contribution is 2.16. The zero-order valence-corrected chi connectivity index (χ0v) is 11.5. The molecule has 3 aromatic rings. The molecule has 21 heavy (non-hydrogen) atoms. The van der Waals surface area contributed by atoms with Gasteiger partial charge in [0.2, 0.25) is 0 Å². The highest BCUT2D eigenvalue weighted by atomic mass is 35.5. The Morgan fingerprint density at radius 3 is 2.57 bits per heavy atom. The third kappa shape index (κ3) is 3.27. The molecule has 0 saturated carbocycles. The minimum atomic E-state index is -0.616. The van der Waals surface area contributed by atoms with Gasteiger partial charge in [0.15, 0.2) is 5.65 Å². The molecule has 1 amide bonds. The van der Waals surface area contributed by atoms with Crippen LogP contribution >= 0.6 is 11.6 Å². The summed E-state index contributed by atoms with van der Waals surface area (Å²) in [5, 5.41) is 3.73. The van der Waals surface area contributed by atoms with E-state index in [0.717, 1.165) is 5.39 Å². The van der Waals surface area contributed by atoms with Crippen molar-refractivity contribution in [3.05, 3.63) is 59.8 Å². The fourth-order valence-electron chi connectivity index (χ4n) is 1.77. The van der Waals surface area contributed by atoms with Crippen molar-refractivity contribution in [2.45, 2.75) is 0 Å². The lowest BCUT2D eigenvalue weighted by atomic mass is 10.3. The number of anilines is 1. The van der Waals surface area contributed by atoms with E-state index in [0.29, 0.717) is 22.4 Å². The van der Waals surface area contributed by atoms with Crippen LogP contribution in [0.2, 0.25) is 5.15 Å². The normalized spacial score (nSPS) is 10.3. The van der Waals surface area contributed by atoms with Crippen molar-refractivity contribution in [3.63, 3.8) is 0 Å². The number of hydrogen-bond acceptors (Lipinski definition) is 4. The van der Waals surface area contributed by atoms with Gasteiger partial charge in [-0.05, 0) is 36.4 Å². The van der Waals surface area contributed by atoms with Crippen molar-refractivity contribution in [3.8, 4) is 5.75 Å². The summed E-state index contributed by atoms with van der Waals surface area (Å²) in [4.78, 5) is 20.1. The van der Waals surface area contributed by atoms with Crippen LogP contribution in [0.3, 0.4) is 0 Å². The molecule has 3 rings (SSSR count). The molecule has 0 aliphatic rings. The Balaban J connectivity index is 1.76. The van der Waals surface area contributed by atoms with Crippen LogP contribution in [0.25, 0.3) is 11.0 Å². The van der Waals surface area contributed by atoms with Crippen LogP contribution in [0.1, 0.15) is 0 Å². The fraction of sp³-hybridized carbons (Fsp3) is 0. The van der Waals surface area contributed by atoms with Gasteiger partial charge in [-0.3, -0.25) is 5.32 Å². The highest BCUT2D eigenvalue weighted by Gasteiger charge is 2.07. The average molecular weight is 300 g/mol. The number of pyridine rings is 2. The first-order valence-electron chi connectivity index (χ1n) is 6.18. The van der Waals surface area contributed by atoms with Gasteiger partial charge in [-0.1, -0.05) is 29.8 Å². The molecule has 0 bridgehead atoms. The molecule has 6 heteroatoms. The molecular formula is C15H10ClN3O2. The molecule has 0 aliphatic carbocycles. The second-order valence-corrected chi connectivity index (χ2v) is 4.59. The Labute approximate surface area is 125 Å². The van der Waals surface area contributed by atoms with Crippen LogP contribution in [0.4, 0.5) is 10.6 Å². The first-order valence-corrected chi connectivity index (χ1v) is 6.56. The molecule has 2 heterocycles. The number of aromatic nitrogens is 2. The number of halogens is 1. The van der Waals surface area contributed by atoms with Crippen molar-refractivity contribution in [1.29, 1.82) is 0 Å². The van der Waals surface area contributed by atoms with Gasteiger partial charge in [-0.15, -0.1) is 0 Å². The predicted molar refractivity (Wildman–Crippen MR) is 80.6 cm³/mol. The Hall–Kier alpha value is -2.66. The Morgan fingerprint density at radius 2 is 1.76 bits per heavy atom. The van der Waals surface area contributed by atoms with Gasteiger partial charge in [-0.2, -0.15) is 0 Å². The fourth-order valence-corrected chi connectivity index (χ4v) is 1.91. The van der Waals surface area contributed by atoms with E-state index < -0.39 is 6.09 Å². The molecule has 0 saturated heterocycles. The predicted octanol–water partition coefficient (Wildman–Crippen LogP) is 3.89. The maximum atomic E-state index is 11.8. The molecule has 5 nitrogen and oxygen atoms in total. The molecule has 0 fully saturated rings. The summed E-state index contributed by atoms with van der Waals surface area (Å²) in [6, 6.07) is 15.7. The number of carbonyl (C=O) groups is 1. The molecule has 2 aromatic heterocycles. The van der Waals surface area contributed by atoms with Crippen molar-refractivity contribution < 1.29 is 9.53 Å². The van der Waals surface area contributed by atoms with Crippen LogP contribution in [0.5, 0.6) is 5.75 Å². The van der Waals surface area contributed by atoms with E-state index in [1.165, 1.54) is 0 Å². The van der Waals surface area contributed by atoms with Crippen molar-refractivity contribution in [2.75, 3.05) is 5.32 Å². The second-order valence-electron chi connectivity index (χ2n) is 4.20. The lowest BCUT2D eigenvalue weighted by molar-refractivity contribution is 0.215. The standard InChI is InChI=1S/C15H10ClN3O2/c16-12-8-6-10-7-9-13(18-14(10)17-12)19-15(20)21-11-4-2-1-3-5-11/h1-9H,(H,17,18,19,20). The minimum Gasteiger partial charge on any atom is -0.410 e. The molecule has 1 aromatic carbocycles. The second kappa shape index (κ2) is 5.76. The van der Waals surface area contributed by atoms with Crippen molar-refractivity contribution >= 4 is 34.5 Å². The molecule has 0 unspecified atom stereocenters. The van der Waals surface area contributed by atoms with E-state index in [1.807, 2.05) is 12.1 Å². The monoisotopic (exact) mass is 299 g/mol.